The third-order valence-electron chi connectivity index (χ3n) is 5.30. The van der Waals surface area contributed by atoms with Crippen molar-refractivity contribution in [2.24, 2.45) is 0 Å². The monoisotopic (exact) mass is 466 g/mol. The van der Waals surface area contributed by atoms with Gasteiger partial charge in [-0.2, -0.15) is 4.31 Å². The van der Waals surface area contributed by atoms with Gasteiger partial charge in [0.05, 0.1) is 30.1 Å². The number of nitrogens with zero attached hydrogens (tertiary/aromatic N) is 2. The van der Waals surface area contributed by atoms with Crippen molar-refractivity contribution in [3.8, 4) is 5.75 Å². The zero-order valence-electron chi connectivity index (χ0n) is 16.4. The zero-order chi connectivity index (χ0) is 21.4. The molecule has 2 saturated heterocycles. The highest BCUT2D eigenvalue weighted by Crippen LogP contribution is 2.35. The highest BCUT2D eigenvalue weighted by molar-refractivity contribution is 7.93. The summed E-state index contributed by atoms with van der Waals surface area (Å²) in [5, 5.41) is 0. The minimum atomic E-state index is -4.10. The van der Waals surface area contributed by atoms with Crippen molar-refractivity contribution >= 4 is 35.6 Å². The largest absolute Gasteiger partial charge is 0.495 e. The van der Waals surface area contributed by atoms with E-state index >= 15 is 0 Å². The van der Waals surface area contributed by atoms with E-state index in [-0.39, 0.29) is 53.1 Å². The fraction of sp³-hybridized carbons (Fsp3) is 0.647. The predicted molar refractivity (Wildman–Crippen MR) is 110 cm³/mol. The second kappa shape index (κ2) is 8.05. The number of methoxy groups -OCH3 is 1. The molecule has 0 spiro atoms. The van der Waals surface area contributed by atoms with E-state index in [1.54, 1.807) is 6.92 Å². The molecule has 2 aliphatic rings. The Balaban J connectivity index is 2.05. The van der Waals surface area contributed by atoms with Crippen LogP contribution in [0.1, 0.15) is 26.2 Å². The maximum Gasteiger partial charge on any atom is 0.247 e. The number of hydrogen-bond acceptors (Lipinski definition) is 7. The maximum atomic E-state index is 13.4. The Morgan fingerprint density at radius 3 is 2.45 bits per heavy atom. The molecular weight excluding hydrogens is 440 g/mol. The van der Waals surface area contributed by atoms with Gasteiger partial charge in [0.2, 0.25) is 20.0 Å². The van der Waals surface area contributed by atoms with Gasteiger partial charge in [-0.3, -0.25) is 4.31 Å². The van der Waals surface area contributed by atoms with Crippen molar-refractivity contribution in [2.45, 2.75) is 37.1 Å². The number of ether oxygens (including phenoxy) is 1. The van der Waals surface area contributed by atoms with E-state index < -0.39 is 35.9 Å². The van der Waals surface area contributed by atoms with E-state index in [4.69, 9.17) is 4.74 Å². The molecule has 1 aromatic carbocycles. The molecule has 3 rings (SSSR count). The standard InChI is InChI=1S/C17H26N2O7S3/c1-3-18(15-8-11-27(20,21)13-15)29(24,25)17-12-14(6-7-16(17)26-2)19-9-4-5-10-28(19,22)23/h6-7,12,15H,3-5,8-11,13H2,1-2H3/t15-/m0/s1. The van der Waals surface area contributed by atoms with Gasteiger partial charge in [0.1, 0.15) is 10.6 Å². The van der Waals surface area contributed by atoms with E-state index in [0.29, 0.717) is 12.8 Å². The summed E-state index contributed by atoms with van der Waals surface area (Å²) in [5.41, 5.74) is 0.263. The topological polar surface area (TPSA) is 118 Å². The van der Waals surface area contributed by atoms with Crippen molar-refractivity contribution in [1.29, 1.82) is 0 Å². The van der Waals surface area contributed by atoms with Crippen LogP contribution in [0, 0.1) is 0 Å². The average molecular weight is 467 g/mol. The molecule has 0 aromatic heterocycles. The summed E-state index contributed by atoms with van der Waals surface area (Å²) in [6, 6.07) is 3.62. The highest BCUT2D eigenvalue weighted by atomic mass is 32.2. The maximum absolute atomic E-state index is 13.4. The van der Waals surface area contributed by atoms with Crippen LogP contribution in [0.25, 0.3) is 0 Å². The molecule has 2 heterocycles. The van der Waals surface area contributed by atoms with Gasteiger partial charge in [-0.15, -0.1) is 0 Å². The molecule has 0 unspecified atom stereocenters. The molecule has 1 aromatic rings. The normalized spacial score (nSPS) is 24.0. The Hall–Kier alpha value is -1.37. The van der Waals surface area contributed by atoms with Crippen LogP contribution < -0.4 is 9.04 Å². The minimum Gasteiger partial charge on any atom is -0.495 e. The van der Waals surface area contributed by atoms with Crippen LogP contribution in [0.4, 0.5) is 5.69 Å². The van der Waals surface area contributed by atoms with E-state index in [2.05, 4.69) is 0 Å². The fourth-order valence-electron chi connectivity index (χ4n) is 3.85. The third kappa shape index (κ3) is 4.39. The Labute approximate surface area is 172 Å². The molecule has 0 bridgehead atoms. The summed E-state index contributed by atoms with van der Waals surface area (Å²) < 4.78 is 83.1. The number of sulfone groups is 1. The molecule has 0 amide bonds. The third-order valence-corrected chi connectivity index (χ3v) is 11.0. The first kappa shape index (κ1) is 22.3. The van der Waals surface area contributed by atoms with Gasteiger partial charge in [0.15, 0.2) is 9.84 Å². The first-order valence-electron chi connectivity index (χ1n) is 9.42. The van der Waals surface area contributed by atoms with Crippen LogP contribution in [-0.4, -0.2) is 73.1 Å². The van der Waals surface area contributed by atoms with Crippen LogP contribution >= 0.6 is 0 Å². The molecule has 12 heteroatoms. The number of rotatable bonds is 6. The van der Waals surface area contributed by atoms with Gasteiger partial charge >= 0.3 is 0 Å². The number of benzene rings is 1. The van der Waals surface area contributed by atoms with Crippen molar-refractivity contribution in [1.82, 2.24) is 4.31 Å². The van der Waals surface area contributed by atoms with Crippen LogP contribution in [0.15, 0.2) is 23.1 Å². The lowest BCUT2D eigenvalue weighted by molar-refractivity contribution is 0.349. The molecule has 1 atom stereocenters. The van der Waals surface area contributed by atoms with Gasteiger partial charge in [-0.25, -0.2) is 25.3 Å². The van der Waals surface area contributed by atoms with Crippen molar-refractivity contribution in [3.63, 3.8) is 0 Å². The molecule has 29 heavy (non-hydrogen) atoms. The molecular formula is C17H26N2O7S3. The first-order valence-corrected chi connectivity index (χ1v) is 14.3. The molecule has 0 radical (unpaired) electrons. The van der Waals surface area contributed by atoms with E-state index in [1.807, 2.05) is 0 Å². The summed E-state index contributed by atoms with van der Waals surface area (Å²) in [5.74, 6) is -0.167. The van der Waals surface area contributed by atoms with Crippen LogP contribution in [-0.2, 0) is 29.9 Å². The van der Waals surface area contributed by atoms with Crippen LogP contribution in [0.2, 0.25) is 0 Å². The summed E-state index contributed by atoms with van der Waals surface area (Å²) in [6.07, 6.45) is 1.49. The summed E-state index contributed by atoms with van der Waals surface area (Å²) in [7, 11) is -9.55. The van der Waals surface area contributed by atoms with Gasteiger partial charge < -0.3 is 4.74 Å². The molecule has 9 nitrogen and oxygen atoms in total. The second-order valence-corrected chi connectivity index (χ2v) is 13.3. The Kier molecular flexibility index (Phi) is 6.19. The van der Waals surface area contributed by atoms with Gasteiger partial charge in [0.25, 0.3) is 0 Å². The predicted octanol–water partition coefficient (Wildman–Crippen LogP) is 0.823. The van der Waals surface area contributed by atoms with Crippen molar-refractivity contribution in [2.75, 3.05) is 41.8 Å². The molecule has 0 aliphatic carbocycles. The lowest BCUT2D eigenvalue weighted by Crippen LogP contribution is -2.41. The molecule has 0 saturated carbocycles. The molecule has 2 fully saturated rings. The number of hydrogen-bond donors (Lipinski definition) is 0. The quantitative estimate of drug-likeness (QED) is 0.609. The first-order chi connectivity index (χ1) is 13.5. The zero-order valence-corrected chi connectivity index (χ0v) is 18.9. The summed E-state index contributed by atoms with van der Waals surface area (Å²) in [6.45, 7) is 2.03. The van der Waals surface area contributed by atoms with E-state index in [0.717, 1.165) is 0 Å². The fourth-order valence-corrected chi connectivity index (χ4v) is 9.15. The van der Waals surface area contributed by atoms with Gasteiger partial charge in [-0.1, -0.05) is 6.92 Å². The highest BCUT2D eigenvalue weighted by Gasteiger charge is 2.39. The van der Waals surface area contributed by atoms with Crippen LogP contribution in [0.5, 0.6) is 5.75 Å². The Morgan fingerprint density at radius 2 is 1.90 bits per heavy atom. The minimum absolute atomic E-state index is 0.0160. The molecule has 2 aliphatic heterocycles. The second-order valence-electron chi connectivity index (χ2n) is 7.20. The SMILES string of the molecule is CCN([C@H]1CCS(=O)(=O)C1)S(=O)(=O)c1cc(N2CCCCS2(=O)=O)ccc1OC. The summed E-state index contributed by atoms with van der Waals surface area (Å²) in [4.78, 5) is -0.163. The Morgan fingerprint density at radius 1 is 1.17 bits per heavy atom. The lowest BCUT2D eigenvalue weighted by Gasteiger charge is -2.30. The average Bonchev–Trinajstić information content (AvgIpc) is 3.00. The van der Waals surface area contributed by atoms with E-state index in [1.165, 1.54) is 33.9 Å². The van der Waals surface area contributed by atoms with Crippen molar-refractivity contribution < 1.29 is 30.0 Å². The smallest absolute Gasteiger partial charge is 0.247 e. The van der Waals surface area contributed by atoms with Gasteiger partial charge in [0, 0.05) is 19.1 Å². The summed E-state index contributed by atoms with van der Waals surface area (Å²) >= 11 is 0. The number of anilines is 1. The number of sulfonamides is 2. The van der Waals surface area contributed by atoms with Crippen molar-refractivity contribution in [3.05, 3.63) is 18.2 Å². The van der Waals surface area contributed by atoms with E-state index in [9.17, 15) is 25.3 Å². The van der Waals surface area contributed by atoms with Crippen LogP contribution in [0.3, 0.4) is 0 Å². The Bertz CT molecular complexity index is 1080. The molecule has 0 N–H and O–H groups in total. The van der Waals surface area contributed by atoms with Gasteiger partial charge in [-0.05, 0) is 37.5 Å². The lowest BCUT2D eigenvalue weighted by atomic mass is 10.2. The molecule has 164 valence electrons.